The highest BCUT2D eigenvalue weighted by atomic mass is 16.5. The Morgan fingerprint density at radius 1 is 1.16 bits per heavy atom. The maximum atomic E-state index is 12.4. The molecule has 0 aliphatic heterocycles. The molecule has 3 rings (SSSR count). The van der Waals surface area contributed by atoms with Crippen LogP contribution in [-0.2, 0) is 12.8 Å². The molecular weight excluding hydrogens is 240 g/mol. The SMILES string of the molecule is COc1cc(C(=O)c2ccc3c(c2)CCC3)ncn1. The fourth-order valence-electron chi connectivity index (χ4n) is 2.44. The Kier molecular flexibility index (Phi) is 2.99. The lowest BCUT2D eigenvalue weighted by Gasteiger charge is -2.05. The number of ether oxygens (including phenoxy) is 1. The molecule has 0 atom stereocenters. The molecule has 0 amide bonds. The molecule has 19 heavy (non-hydrogen) atoms. The predicted molar refractivity (Wildman–Crippen MR) is 70.5 cm³/mol. The van der Waals surface area contributed by atoms with Crippen molar-refractivity contribution in [3.05, 3.63) is 53.0 Å². The monoisotopic (exact) mass is 254 g/mol. The molecular formula is C15H14N2O2. The van der Waals surface area contributed by atoms with E-state index in [-0.39, 0.29) is 5.78 Å². The summed E-state index contributed by atoms with van der Waals surface area (Å²) in [6, 6.07) is 7.48. The standard InChI is InChI=1S/C15H14N2O2/c1-19-14-8-13(16-9-17-14)15(18)12-6-5-10-3-2-4-11(10)7-12/h5-9H,2-4H2,1H3. The quantitative estimate of drug-likeness (QED) is 0.788. The Morgan fingerprint density at radius 3 is 2.84 bits per heavy atom. The molecule has 0 unspecified atom stereocenters. The minimum absolute atomic E-state index is 0.0876. The summed E-state index contributed by atoms with van der Waals surface area (Å²) in [6.07, 6.45) is 4.70. The number of hydrogen-bond donors (Lipinski definition) is 0. The molecule has 1 aliphatic rings. The van der Waals surface area contributed by atoms with E-state index in [1.807, 2.05) is 18.2 Å². The summed E-state index contributed by atoms with van der Waals surface area (Å²) in [4.78, 5) is 20.3. The number of fused-ring (bicyclic) bond motifs is 1. The molecule has 1 aromatic heterocycles. The number of methoxy groups -OCH3 is 1. The van der Waals surface area contributed by atoms with Crippen molar-refractivity contribution in [3.8, 4) is 5.88 Å². The smallest absolute Gasteiger partial charge is 0.216 e. The number of carbonyl (C=O) groups is 1. The molecule has 4 heteroatoms. The van der Waals surface area contributed by atoms with Gasteiger partial charge in [-0.2, -0.15) is 0 Å². The van der Waals surface area contributed by atoms with Gasteiger partial charge in [-0.05, 0) is 36.5 Å². The van der Waals surface area contributed by atoms with E-state index in [1.54, 1.807) is 6.07 Å². The number of nitrogens with zero attached hydrogens (tertiary/aromatic N) is 2. The van der Waals surface area contributed by atoms with Gasteiger partial charge in [0.1, 0.15) is 12.0 Å². The molecule has 0 bridgehead atoms. The summed E-state index contributed by atoms with van der Waals surface area (Å²) in [5, 5.41) is 0. The first-order valence-electron chi connectivity index (χ1n) is 6.30. The zero-order valence-corrected chi connectivity index (χ0v) is 10.7. The predicted octanol–water partition coefficient (Wildman–Crippen LogP) is 2.20. The first-order chi connectivity index (χ1) is 9.28. The van der Waals surface area contributed by atoms with Crippen LogP contribution in [0.4, 0.5) is 0 Å². The van der Waals surface area contributed by atoms with Gasteiger partial charge < -0.3 is 4.74 Å². The van der Waals surface area contributed by atoms with Gasteiger partial charge in [0.05, 0.1) is 7.11 Å². The van der Waals surface area contributed by atoms with E-state index in [1.165, 1.54) is 31.0 Å². The van der Waals surface area contributed by atoms with Crippen LogP contribution in [0, 0.1) is 0 Å². The van der Waals surface area contributed by atoms with E-state index in [9.17, 15) is 4.79 Å². The number of aromatic nitrogens is 2. The summed E-state index contributed by atoms with van der Waals surface area (Å²) in [5.41, 5.74) is 3.69. The van der Waals surface area contributed by atoms with Gasteiger partial charge >= 0.3 is 0 Å². The van der Waals surface area contributed by atoms with Gasteiger partial charge in [-0.15, -0.1) is 0 Å². The van der Waals surface area contributed by atoms with Crippen molar-refractivity contribution in [1.82, 2.24) is 9.97 Å². The third-order valence-electron chi connectivity index (χ3n) is 3.44. The Hall–Kier alpha value is -2.23. The Bertz CT molecular complexity index is 638. The maximum Gasteiger partial charge on any atom is 0.216 e. The molecule has 2 aromatic rings. The zero-order chi connectivity index (χ0) is 13.2. The lowest BCUT2D eigenvalue weighted by molar-refractivity contribution is 0.103. The second-order valence-corrected chi connectivity index (χ2v) is 4.61. The Morgan fingerprint density at radius 2 is 2.00 bits per heavy atom. The molecule has 0 saturated heterocycles. The van der Waals surface area contributed by atoms with Crippen molar-refractivity contribution in [2.45, 2.75) is 19.3 Å². The van der Waals surface area contributed by atoms with Gasteiger partial charge in [-0.1, -0.05) is 12.1 Å². The van der Waals surface area contributed by atoms with Gasteiger partial charge in [0, 0.05) is 11.6 Å². The summed E-state index contributed by atoms with van der Waals surface area (Å²) >= 11 is 0. The van der Waals surface area contributed by atoms with Crippen LogP contribution in [0.25, 0.3) is 0 Å². The van der Waals surface area contributed by atoms with E-state index in [0.29, 0.717) is 17.1 Å². The van der Waals surface area contributed by atoms with Crippen LogP contribution < -0.4 is 4.74 Å². The van der Waals surface area contributed by atoms with Crippen LogP contribution in [0.1, 0.15) is 33.6 Å². The third kappa shape index (κ3) is 2.21. The van der Waals surface area contributed by atoms with Crippen LogP contribution in [0.5, 0.6) is 5.88 Å². The fraction of sp³-hybridized carbons (Fsp3) is 0.267. The molecule has 0 fully saturated rings. The minimum atomic E-state index is -0.0876. The van der Waals surface area contributed by atoms with Crippen LogP contribution in [0.2, 0.25) is 0 Å². The zero-order valence-electron chi connectivity index (χ0n) is 10.7. The van der Waals surface area contributed by atoms with Crippen molar-refractivity contribution < 1.29 is 9.53 Å². The van der Waals surface area contributed by atoms with E-state index >= 15 is 0 Å². The largest absolute Gasteiger partial charge is 0.481 e. The lowest BCUT2D eigenvalue weighted by Crippen LogP contribution is -2.06. The average Bonchev–Trinajstić information content (AvgIpc) is 2.94. The van der Waals surface area contributed by atoms with Crippen LogP contribution in [0.15, 0.2) is 30.6 Å². The Balaban J connectivity index is 1.95. The number of hydrogen-bond acceptors (Lipinski definition) is 4. The van der Waals surface area contributed by atoms with Crippen LogP contribution >= 0.6 is 0 Å². The third-order valence-corrected chi connectivity index (χ3v) is 3.44. The average molecular weight is 254 g/mol. The summed E-state index contributed by atoms with van der Waals surface area (Å²) in [7, 11) is 1.52. The molecule has 4 nitrogen and oxygen atoms in total. The molecule has 0 spiro atoms. The summed E-state index contributed by atoms with van der Waals surface area (Å²) in [6.45, 7) is 0. The lowest BCUT2D eigenvalue weighted by atomic mass is 10.0. The minimum Gasteiger partial charge on any atom is -0.481 e. The first kappa shape index (κ1) is 11.8. The van der Waals surface area contributed by atoms with E-state index < -0.39 is 0 Å². The van der Waals surface area contributed by atoms with Gasteiger partial charge in [0.15, 0.2) is 0 Å². The first-order valence-corrected chi connectivity index (χ1v) is 6.30. The maximum absolute atomic E-state index is 12.4. The van der Waals surface area contributed by atoms with E-state index in [2.05, 4.69) is 9.97 Å². The number of carbonyl (C=O) groups excluding carboxylic acids is 1. The topological polar surface area (TPSA) is 52.1 Å². The van der Waals surface area contributed by atoms with Crippen molar-refractivity contribution in [3.63, 3.8) is 0 Å². The second-order valence-electron chi connectivity index (χ2n) is 4.61. The van der Waals surface area contributed by atoms with Crippen molar-refractivity contribution >= 4 is 5.78 Å². The highest BCUT2D eigenvalue weighted by molar-refractivity contribution is 6.07. The molecule has 0 saturated carbocycles. The van der Waals surface area contributed by atoms with E-state index in [4.69, 9.17) is 4.74 Å². The van der Waals surface area contributed by atoms with Gasteiger partial charge in [0.2, 0.25) is 11.7 Å². The second kappa shape index (κ2) is 4.80. The van der Waals surface area contributed by atoms with E-state index in [0.717, 1.165) is 12.8 Å². The van der Waals surface area contributed by atoms with Gasteiger partial charge in [-0.3, -0.25) is 4.79 Å². The van der Waals surface area contributed by atoms with Gasteiger partial charge in [-0.25, -0.2) is 9.97 Å². The van der Waals surface area contributed by atoms with Crippen molar-refractivity contribution in [2.75, 3.05) is 7.11 Å². The number of benzene rings is 1. The van der Waals surface area contributed by atoms with Gasteiger partial charge in [0.25, 0.3) is 0 Å². The molecule has 1 aromatic carbocycles. The fourth-order valence-corrected chi connectivity index (χ4v) is 2.44. The van der Waals surface area contributed by atoms with Crippen LogP contribution in [-0.4, -0.2) is 22.9 Å². The number of rotatable bonds is 3. The van der Waals surface area contributed by atoms with Crippen molar-refractivity contribution in [2.24, 2.45) is 0 Å². The molecule has 96 valence electrons. The number of aryl methyl sites for hydroxylation is 2. The van der Waals surface area contributed by atoms with Crippen molar-refractivity contribution in [1.29, 1.82) is 0 Å². The molecule has 1 aliphatic carbocycles. The highest BCUT2D eigenvalue weighted by Gasteiger charge is 2.16. The normalized spacial score (nSPS) is 13.1. The Labute approximate surface area is 111 Å². The summed E-state index contributed by atoms with van der Waals surface area (Å²) in [5.74, 6) is 0.315. The highest BCUT2D eigenvalue weighted by Crippen LogP contribution is 2.24. The molecule has 0 N–H and O–H groups in total. The molecule has 0 radical (unpaired) electrons. The van der Waals surface area contributed by atoms with Crippen LogP contribution in [0.3, 0.4) is 0 Å². The number of ketones is 1. The summed E-state index contributed by atoms with van der Waals surface area (Å²) < 4.78 is 5.01. The molecule has 1 heterocycles.